The first-order valence-corrected chi connectivity index (χ1v) is 7.76. The molecule has 0 N–H and O–H groups in total. The predicted octanol–water partition coefficient (Wildman–Crippen LogP) is 4.99. The molecule has 0 radical (unpaired) electrons. The second kappa shape index (κ2) is 7.75. The minimum Gasteiger partial charge on any atom is -0.369 e. The van der Waals surface area contributed by atoms with E-state index in [1.54, 1.807) is 0 Å². The van der Waals surface area contributed by atoms with Gasteiger partial charge in [-0.05, 0) is 37.5 Å². The first kappa shape index (κ1) is 14.6. The molecule has 0 heterocycles. The largest absolute Gasteiger partial charge is 0.369 e. The van der Waals surface area contributed by atoms with E-state index in [2.05, 4.69) is 65.9 Å². The van der Waals surface area contributed by atoms with E-state index >= 15 is 0 Å². The van der Waals surface area contributed by atoms with Gasteiger partial charge >= 0.3 is 0 Å². The summed E-state index contributed by atoms with van der Waals surface area (Å²) in [6, 6.07) is 9.55. The molecule has 0 saturated carbocycles. The van der Waals surface area contributed by atoms with Crippen molar-refractivity contribution < 1.29 is 0 Å². The Bertz CT molecular complexity index is 307. The Morgan fingerprint density at radius 2 is 1.82 bits per heavy atom. The van der Waals surface area contributed by atoms with Crippen LogP contribution in [0.3, 0.4) is 0 Å². The van der Waals surface area contributed by atoms with Crippen molar-refractivity contribution in [3.63, 3.8) is 0 Å². The van der Waals surface area contributed by atoms with Crippen molar-refractivity contribution in [2.45, 2.75) is 51.4 Å². The zero-order valence-electron chi connectivity index (χ0n) is 11.2. The van der Waals surface area contributed by atoms with Crippen molar-refractivity contribution in [1.29, 1.82) is 0 Å². The number of alkyl halides is 1. The molecule has 0 bridgehead atoms. The van der Waals surface area contributed by atoms with Crippen molar-refractivity contribution in [2.24, 2.45) is 0 Å². The maximum Gasteiger partial charge on any atom is 0.0368 e. The summed E-state index contributed by atoms with van der Waals surface area (Å²) in [5.74, 6) is 0. The highest BCUT2D eigenvalue weighted by Gasteiger charge is 2.11. The van der Waals surface area contributed by atoms with Crippen molar-refractivity contribution in [3.05, 3.63) is 29.8 Å². The van der Waals surface area contributed by atoms with Crippen molar-refractivity contribution in [2.75, 3.05) is 11.4 Å². The second-order valence-corrected chi connectivity index (χ2v) is 5.17. The number of nitrogens with zero attached hydrogens (tertiary/aromatic N) is 1. The van der Waals surface area contributed by atoms with Gasteiger partial charge in [0.15, 0.2) is 0 Å². The Labute approximate surface area is 114 Å². The summed E-state index contributed by atoms with van der Waals surface area (Å²) in [5, 5.41) is 0.936. The molecule has 0 fully saturated rings. The molecular weight excluding hydrogens is 274 g/mol. The summed E-state index contributed by atoms with van der Waals surface area (Å²) in [6.07, 6.45) is 3.72. The molecule has 0 aromatic heterocycles. The van der Waals surface area contributed by atoms with E-state index in [0.717, 1.165) is 5.33 Å². The third kappa shape index (κ3) is 4.34. The van der Waals surface area contributed by atoms with Crippen LogP contribution < -0.4 is 4.90 Å². The fraction of sp³-hybridized carbons (Fsp3) is 0.600. The van der Waals surface area contributed by atoms with E-state index in [1.807, 2.05) is 0 Å². The van der Waals surface area contributed by atoms with Crippen LogP contribution in [-0.4, -0.2) is 12.6 Å². The summed E-state index contributed by atoms with van der Waals surface area (Å²) in [4.78, 5) is 2.53. The van der Waals surface area contributed by atoms with Crippen molar-refractivity contribution in [3.8, 4) is 0 Å². The minimum atomic E-state index is 0.622. The van der Waals surface area contributed by atoms with Gasteiger partial charge in [-0.3, -0.25) is 0 Å². The highest BCUT2D eigenvalue weighted by Crippen LogP contribution is 2.20. The fourth-order valence-electron chi connectivity index (χ4n) is 1.93. The Balaban J connectivity index is 2.79. The molecule has 0 amide bonds. The molecule has 1 atom stereocenters. The number of rotatable bonds is 7. The predicted molar refractivity (Wildman–Crippen MR) is 81.1 cm³/mol. The maximum atomic E-state index is 3.49. The number of benzene rings is 1. The molecule has 1 rings (SSSR count). The number of hydrogen-bond acceptors (Lipinski definition) is 1. The van der Waals surface area contributed by atoms with Gasteiger partial charge in [-0.2, -0.15) is 0 Å². The van der Waals surface area contributed by atoms with Gasteiger partial charge in [-0.25, -0.2) is 0 Å². The third-order valence-corrected chi connectivity index (χ3v) is 3.95. The monoisotopic (exact) mass is 297 g/mol. The van der Waals surface area contributed by atoms with Crippen LogP contribution in [0.15, 0.2) is 24.3 Å². The Kier molecular flexibility index (Phi) is 6.64. The van der Waals surface area contributed by atoms with Gasteiger partial charge in [0.1, 0.15) is 0 Å². The van der Waals surface area contributed by atoms with Gasteiger partial charge in [0, 0.05) is 23.6 Å². The number of halogens is 1. The quantitative estimate of drug-likeness (QED) is 0.641. The van der Waals surface area contributed by atoms with E-state index in [9.17, 15) is 0 Å². The van der Waals surface area contributed by atoms with Crippen LogP contribution in [-0.2, 0) is 5.33 Å². The molecule has 0 aliphatic carbocycles. The zero-order chi connectivity index (χ0) is 12.7. The first-order chi connectivity index (χ1) is 8.22. The number of hydrogen-bond donors (Lipinski definition) is 0. The van der Waals surface area contributed by atoms with Gasteiger partial charge in [0.25, 0.3) is 0 Å². The van der Waals surface area contributed by atoms with Crippen LogP contribution >= 0.6 is 15.9 Å². The maximum absolute atomic E-state index is 3.49. The molecule has 0 aliphatic heterocycles. The summed E-state index contributed by atoms with van der Waals surface area (Å²) in [7, 11) is 0. The minimum absolute atomic E-state index is 0.622. The lowest BCUT2D eigenvalue weighted by Gasteiger charge is -2.31. The summed E-state index contributed by atoms with van der Waals surface area (Å²) >= 11 is 3.49. The molecule has 1 nitrogen and oxygen atoms in total. The van der Waals surface area contributed by atoms with E-state index in [0.29, 0.717) is 6.04 Å². The van der Waals surface area contributed by atoms with Crippen LogP contribution in [0.25, 0.3) is 0 Å². The van der Waals surface area contributed by atoms with Crippen LogP contribution in [0.4, 0.5) is 5.69 Å². The van der Waals surface area contributed by atoms with Crippen LogP contribution in [0.2, 0.25) is 0 Å². The van der Waals surface area contributed by atoms with E-state index in [-0.39, 0.29) is 0 Å². The van der Waals surface area contributed by atoms with Crippen LogP contribution in [0.5, 0.6) is 0 Å². The summed E-state index contributed by atoms with van der Waals surface area (Å²) < 4.78 is 0. The normalized spacial score (nSPS) is 12.5. The number of anilines is 1. The molecule has 0 aliphatic rings. The second-order valence-electron chi connectivity index (χ2n) is 4.60. The van der Waals surface area contributed by atoms with Crippen LogP contribution in [0.1, 0.15) is 45.6 Å². The lowest BCUT2D eigenvalue weighted by atomic mass is 10.1. The summed E-state index contributed by atoms with van der Waals surface area (Å²) in [6.45, 7) is 7.99. The van der Waals surface area contributed by atoms with Crippen LogP contribution in [0, 0.1) is 0 Å². The van der Waals surface area contributed by atoms with Gasteiger partial charge in [-0.15, -0.1) is 0 Å². The van der Waals surface area contributed by atoms with Gasteiger partial charge in [0.05, 0.1) is 0 Å². The Morgan fingerprint density at radius 3 is 2.29 bits per heavy atom. The molecule has 2 heteroatoms. The Morgan fingerprint density at radius 1 is 1.18 bits per heavy atom. The molecular formula is C15H24BrN. The Hall–Kier alpha value is -0.500. The highest BCUT2D eigenvalue weighted by atomic mass is 79.9. The molecule has 17 heavy (non-hydrogen) atoms. The molecule has 0 saturated heterocycles. The topological polar surface area (TPSA) is 3.24 Å². The van der Waals surface area contributed by atoms with E-state index in [4.69, 9.17) is 0 Å². The third-order valence-electron chi connectivity index (χ3n) is 3.30. The number of unbranched alkanes of at least 4 members (excludes halogenated alkanes) is 1. The van der Waals surface area contributed by atoms with Gasteiger partial charge in [0.2, 0.25) is 0 Å². The lowest BCUT2D eigenvalue weighted by Crippen LogP contribution is -2.33. The molecule has 1 aromatic carbocycles. The average Bonchev–Trinajstić information content (AvgIpc) is 2.39. The zero-order valence-corrected chi connectivity index (χ0v) is 12.8. The van der Waals surface area contributed by atoms with E-state index < -0.39 is 0 Å². The van der Waals surface area contributed by atoms with Gasteiger partial charge < -0.3 is 4.90 Å². The highest BCUT2D eigenvalue weighted by molar-refractivity contribution is 9.08. The molecule has 0 spiro atoms. The fourth-order valence-corrected chi connectivity index (χ4v) is 2.30. The summed E-state index contributed by atoms with van der Waals surface area (Å²) in [5.41, 5.74) is 2.70. The van der Waals surface area contributed by atoms with Gasteiger partial charge in [-0.1, -0.05) is 48.3 Å². The molecule has 1 unspecified atom stereocenters. The van der Waals surface area contributed by atoms with Crippen molar-refractivity contribution >= 4 is 21.6 Å². The standard InChI is InChI=1S/C15H24BrN/c1-4-6-11-17(13(3)5-2)15-9-7-14(12-16)8-10-15/h7-10,13H,4-6,11-12H2,1-3H3. The van der Waals surface area contributed by atoms with Crippen molar-refractivity contribution in [1.82, 2.24) is 0 Å². The van der Waals surface area contributed by atoms with E-state index in [1.165, 1.54) is 37.1 Å². The smallest absolute Gasteiger partial charge is 0.0368 e. The molecule has 1 aromatic rings. The molecule has 96 valence electrons. The first-order valence-electron chi connectivity index (χ1n) is 6.64. The average molecular weight is 298 g/mol. The SMILES string of the molecule is CCCCN(c1ccc(CBr)cc1)C(C)CC. The lowest BCUT2D eigenvalue weighted by molar-refractivity contribution is 0.596.